The van der Waals surface area contributed by atoms with Crippen LogP contribution in [-0.2, 0) is 10.0 Å². The van der Waals surface area contributed by atoms with Gasteiger partial charge in [0.25, 0.3) is 5.91 Å². The first-order valence-corrected chi connectivity index (χ1v) is 9.81. The zero-order valence-electron chi connectivity index (χ0n) is 15.4. The third-order valence-electron chi connectivity index (χ3n) is 4.53. The highest BCUT2D eigenvalue weighted by Crippen LogP contribution is 2.29. The maximum absolute atomic E-state index is 13.2. The van der Waals surface area contributed by atoms with E-state index in [1.807, 2.05) is 33.8 Å². The number of hydrogen-bond acceptors (Lipinski definition) is 5. The van der Waals surface area contributed by atoms with Gasteiger partial charge in [0, 0.05) is 25.2 Å². The highest BCUT2D eigenvalue weighted by atomic mass is 32.2. The first-order chi connectivity index (χ1) is 12.1. The van der Waals surface area contributed by atoms with Crippen LogP contribution < -0.4 is 0 Å². The number of hydrogen-bond donors (Lipinski definition) is 1. The number of H-pyrrole nitrogens is 1. The van der Waals surface area contributed by atoms with Crippen LogP contribution in [0.15, 0.2) is 29.3 Å². The van der Waals surface area contributed by atoms with Gasteiger partial charge in [0.2, 0.25) is 10.0 Å². The van der Waals surface area contributed by atoms with Crippen molar-refractivity contribution >= 4 is 15.9 Å². The first kappa shape index (κ1) is 18.5. The van der Waals surface area contributed by atoms with Gasteiger partial charge in [0.15, 0.2) is 5.69 Å². The van der Waals surface area contributed by atoms with Gasteiger partial charge >= 0.3 is 0 Å². The summed E-state index contributed by atoms with van der Waals surface area (Å²) in [7, 11) is -3.66. The number of carbonyl (C=O) groups is 1. The molecule has 26 heavy (non-hydrogen) atoms. The number of aryl methyl sites for hydroxylation is 2. The van der Waals surface area contributed by atoms with Crippen LogP contribution in [0.2, 0.25) is 0 Å². The zero-order chi connectivity index (χ0) is 19.1. The number of piperazine rings is 1. The summed E-state index contributed by atoms with van der Waals surface area (Å²) in [4.78, 5) is 14.4. The molecule has 2 aromatic rings. The lowest BCUT2D eigenvalue weighted by atomic mass is 10.0. The number of benzene rings is 1. The molecular formula is C17H23N5O3S. The SMILES string of the molecule is Cc1cc(C)cc(S(=O)(=O)N2CCN(C(=O)c3cn[nH]n3)CC2(C)C)c1. The molecule has 1 fully saturated rings. The second-order valence-corrected chi connectivity index (χ2v) is 9.16. The summed E-state index contributed by atoms with van der Waals surface area (Å²) in [6.07, 6.45) is 1.37. The van der Waals surface area contributed by atoms with Crippen molar-refractivity contribution in [2.75, 3.05) is 19.6 Å². The Kier molecular flexibility index (Phi) is 4.61. The highest BCUT2D eigenvalue weighted by Gasteiger charge is 2.43. The molecule has 0 saturated carbocycles. The van der Waals surface area contributed by atoms with Gasteiger partial charge in [0.05, 0.1) is 11.1 Å². The van der Waals surface area contributed by atoms with Gasteiger partial charge < -0.3 is 4.90 Å². The second kappa shape index (κ2) is 6.48. The molecule has 8 nitrogen and oxygen atoms in total. The van der Waals surface area contributed by atoms with Gasteiger partial charge in [-0.2, -0.15) is 19.7 Å². The summed E-state index contributed by atoms with van der Waals surface area (Å²) in [5.41, 5.74) is 1.29. The molecule has 1 N–H and O–H groups in total. The molecule has 1 aliphatic heterocycles. The Morgan fingerprint density at radius 2 is 1.81 bits per heavy atom. The lowest BCUT2D eigenvalue weighted by molar-refractivity contribution is 0.0489. The molecule has 0 bridgehead atoms. The van der Waals surface area contributed by atoms with E-state index in [1.165, 1.54) is 10.5 Å². The molecule has 3 rings (SSSR count). The van der Waals surface area contributed by atoms with Gasteiger partial charge in [-0.05, 0) is 51.0 Å². The molecule has 1 saturated heterocycles. The Labute approximate surface area is 153 Å². The number of nitrogens with zero attached hydrogens (tertiary/aromatic N) is 4. The quantitative estimate of drug-likeness (QED) is 0.870. The minimum atomic E-state index is -3.66. The van der Waals surface area contributed by atoms with E-state index in [1.54, 1.807) is 17.0 Å². The average molecular weight is 377 g/mol. The number of amides is 1. The fraction of sp³-hybridized carbons (Fsp3) is 0.471. The van der Waals surface area contributed by atoms with Crippen molar-refractivity contribution in [1.82, 2.24) is 24.6 Å². The molecule has 0 spiro atoms. The lowest BCUT2D eigenvalue weighted by Gasteiger charge is -2.45. The van der Waals surface area contributed by atoms with Gasteiger partial charge in [-0.1, -0.05) is 6.07 Å². The predicted molar refractivity (Wildman–Crippen MR) is 96.2 cm³/mol. The van der Waals surface area contributed by atoms with Crippen LogP contribution >= 0.6 is 0 Å². The number of rotatable bonds is 3. The van der Waals surface area contributed by atoms with Crippen LogP contribution in [0.25, 0.3) is 0 Å². The largest absolute Gasteiger partial charge is 0.334 e. The number of aromatic nitrogens is 3. The molecule has 0 atom stereocenters. The first-order valence-electron chi connectivity index (χ1n) is 8.37. The molecular weight excluding hydrogens is 354 g/mol. The summed E-state index contributed by atoms with van der Waals surface area (Å²) < 4.78 is 27.9. The lowest BCUT2D eigenvalue weighted by Crippen LogP contribution is -2.61. The molecule has 1 aliphatic rings. The molecule has 1 amide bonds. The minimum absolute atomic E-state index is 0.228. The van der Waals surface area contributed by atoms with E-state index in [2.05, 4.69) is 15.4 Å². The summed E-state index contributed by atoms with van der Waals surface area (Å²) in [6, 6.07) is 5.31. The average Bonchev–Trinajstić information content (AvgIpc) is 3.06. The Hall–Kier alpha value is -2.26. The van der Waals surface area contributed by atoms with Gasteiger partial charge in [-0.3, -0.25) is 4.79 Å². The maximum Gasteiger partial charge on any atom is 0.276 e. The Bertz CT molecular complexity index is 902. The van der Waals surface area contributed by atoms with Gasteiger partial charge in [-0.15, -0.1) is 0 Å². The minimum Gasteiger partial charge on any atom is -0.334 e. The normalized spacial score (nSPS) is 18.1. The van der Waals surface area contributed by atoms with Crippen molar-refractivity contribution in [2.24, 2.45) is 0 Å². The number of carbonyl (C=O) groups excluding carboxylic acids is 1. The molecule has 140 valence electrons. The van der Waals surface area contributed by atoms with E-state index in [0.717, 1.165) is 11.1 Å². The van der Waals surface area contributed by atoms with Crippen LogP contribution in [0.5, 0.6) is 0 Å². The molecule has 1 aromatic carbocycles. The molecule has 0 unspecified atom stereocenters. The van der Waals surface area contributed by atoms with Crippen LogP contribution in [-0.4, -0.2) is 64.1 Å². The molecule has 0 aliphatic carbocycles. The van der Waals surface area contributed by atoms with Crippen molar-refractivity contribution in [2.45, 2.75) is 38.1 Å². The molecule has 2 heterocycles. The third-order valence-corrected chi connectivity index (χ3v) is 6.62. The van der Waals surface area contributed by atoms with Crippen molar-refractivity contribution in [3.05, 3.63) is 41.2 Å². The van der Waals surface area contributed by atoms with E-state index < -0.39 is 15.6 Å². The number of sulfonamides is 1. The molecule has 1 aromatic heterocycles. The molecule has 0 radical (unpaired) electrons. The van der Waals surface area contributed by atoms with E-state index in [-0.39, 0.29) is 24.7 Å². The maximum atomic E-state index is 13.2. The standard InChI is InChI=1S/C17H23N5O3S/c1-12-7-13(2)9-14(8-12)26(24,25)22-6-5-21(11-17(22,3)4)16(23)15-10-18-20-19-15/h7-10H,5-6,11H2,1-4H3,(H,18,19,20). The van der Waals surface area contributed by atoms with Crippen LogP contribution in [0.4, 0.5) is 0 Å². The highest BCUT2D eigenvalue weighted by molar-refractivity contribution is 7.89. The van der Waals surface area contributed by atoms with E-state index in [9.17, 15) is 13.2 Å². The second-order valence-electron chi connectivity index (χ2n) is 7.29. The summed E-state index contributed by atoms with van der Waals surface area (Å²) in [5.74, 6) is -0.254. The van der Waals surface area contributed by atoms with Crippen molar-refractivity contribution in [3.8, 4) is 0 Å². The monoisotopic (exact) mass is 377 g/mol. The molecule has 9 heteroatoms. The van der Waals surface area contributed by atoms with Crippen molar-refractivity contribution < 1.29 is 13.2 Å². The summed E-state index contributed by atoms with van der Waals surface area (Å²) in [6.45, 7) is 8.23. The Morgan fingerprint density at radius 3 is 2.35 bits per heavy atom. The smallest absolute Gasteiger partial charge is 0.276 e. The fourth-order valence-corrected chi connectivity index (χ4v) is 5.39. The third kappa shape index (κ3) is 3.36. The Morgan fingerprint density at radius 1 is 1.15 bits per heavy atom. The van der Waals surface area contributed by atoms with E-state index in [0.29, 0.717) is 11.4 Å². The summed E-state index contributed by atoms with van der Waals surface area (Å²) in [5, 5.41) is 9.89. The number of nitrogens with one attached hydrogen (secondary N) is 1. The van der Waals surface area contributed by atoms with Crippen molar-refractivity contribution in [1.29, 1.82) is 0 Å². The topological polar surface area (TPSA) is 99.3 Å². The summed E-state index contributed by atoms with van der Waals surface area (Å²) >= 11 is 0. The van der Waals surface area contributed by atoms with Crippen LogP contribution in [0, 0.1) is 13.8 Å². The van der Waals surface area contributed by atoms with Crippen LogP contribution in [0.1, 0.15) is 35.5 Å². The predicted octanol–water partition coefficient (Wildman–Crippen LogP) is 1.35. The van der Waals surface area contributed by atoms with E-state index >= 15 is 0 Å². The van der Waals surface area contributed by atoms with Crippen LogP contribution in [0.3, 0.4) is 0 Å². The zero-order valence-corrected chi connectivity index (χ0v) is 16.2. The van der Waals surface area contributed by atoms with Gasteiger partial charge in [0.1, 0.15) is 0 Å². The van der Waals surface area contributed by atoms with Gasteiger partial charge in [-0.25, -0.2) is 8.42 Å². The Balaban J connectivity index is 1.87. The van der Waals surface area contributed by atoms with Crippen molar-refractivity contribution in [3.63, 3.8) is 0 Å². The number of aromatic amines is 1. The van der Waals surface area contributed by atoms with E-state index in [4.69, 9.17) is 0 Å². The fourth-order valence-electron chi connectivity index (χ4n) is 3.43.